The van der Waals surface area contributed by atoms with Gasteiger partial charge >= 0.3 is 0 Å². The third kappa shape index (κ3) is 1.38. The zero-order chi connectivity index (χ0) is 9.26. The standard InChI is InChI=1S/C9H4BrN3/c10-8-1-2-12-9-7(8)3-6(4-11)5-13-9/h1-3,5H. The van der Waals surface area contributed by atoms with Crippen LogP contribution < -0.4 is 0 Å². The van der Waals surface area contributed by atoms with Crippen LogP contribution in [0, 0.1) is 11.3 Å². The molecule has 0 radical (unpaired) electrons. The molecule has 0 aliphatic carbocycles. The Hall–Kier alpha value is -1.47. The van der Waals surface area contributed by atoms with E-state index in [-0.39, 0.29) is 0 Å². The largest absolute Gasteiger partial charge is 0.237 e. The SMILES string of the molecule is N#Cc1cnc2nccc(Br)c2c1. The maximum Gasteiger partial charge on any atom is 0.160 e. The molecule has 2 heterocycles. The summed E-state index contributed by atoms with van der Waals surface area (Å²) in [4.78, 5) is 8.12. The van der Waals surface area contributed by atoms with Crippen molar-refractivity contribution < 1.29 is 0 Å². The first-order valence-corrected chi connectivity index (χ1v) is 4.41. The zero-order valence-corrected chi connectivity index (χ0v) is 8.12. The highest BCUT2D eigenvalue weighted by Crippen LogP contribution is 2.20. The Balaban J connectivity index is 2.84. The van der Waals surface area contributed by atoms with Crippen LogP contribution in [-0.2, 0) is 0 Å². The number of hydrogen-bond donors (Lipinski definition) is 0. The van der Waals surface area contributed by atoms with Crippen LogP contribution in [0.5, 0.6) is 0 Å². The molecule has 2 rings (SSSR count). The van der Waals surface area contributed by atoms with Crippen molar-refractivity contribution in [2.24, 2.45) is 0 Å². The molecule has 0 fully saturated rings. The molecule has 0 aliphatic rings. The Kier molecular flexibility index (Phi) is 1.95. The summed E-state index contributed by atoms with van der Waals surface area (Å²) >= 11 is 3.37. The molecule has 2 aromatic rings. The molecule has 0 bridgehead atoms. The number of nitrogens with zero attached hydrogens (tertiary/aromatic N) is 3. The Morgan fingerprint density at radius 1 is 1.38 bits per heavy atom. The van der Waals surface area contributed by atoms with Crippen molar-refractivity contribution in [3.8, 4) is 6.07 Å². The number of halogens is 1. The van der Waals surface area contributed by atoms with E-state index in [0.717, 1.165) is 9.86 Å². The van der Waals surface area contributed by atoms with E-state index in [0.29, 0.717) is 11.2 Å². The lowest BCUT2D eigenvalue weighted by Crippen LogP contribution is -1.85. The molecule has 13 heavy (non-hydrogen) atoms. The quantitative estimate of drug-likeness (QED) is 0.702. The van der Waals surface area contributed by atoms with Gasteiger partial charge in [0, 0.05) is 22.3 Å². The molecule has 62 valence electrons. The van der Waals surface area contributed by atoms with E-state index in [1.807, 2.05) is 12.1 Å². The van der Waals surface area contributed by atoms with E-state index in [4.69, 9.17) is 5.26 Å². The fraction of sp³-hybridized carbons (Fsp3) is 0. The molecular formula is C9H4BrN3. The van der Waals surface area contributed by atoms with Gasteiger partial charge in [0.25, 0.3) is 0 Å². The second-order valence-corrected chi connectivity index (χ2v) is 3.35. The summed E-state index contributed by atoms with van der Waals surface area (Å²) < 4.78 is 0.905. The summed E-state index contributed by atoms with van der Waals surface area (Å²) in [5, 5.41) is 9.52. The minimum atomic E-state index is 0.543. The van der Waals surface area contributed by atoms with Crippen LogP contribution in [-0.4, -0.2) is 9.97 Å². The van der Waals surface area contributed by atoms with Crippen molar-refractivity contribution in [3.63, 3.8) is 0 Å². The van der Waals surface area contributed by atoms with E-state index in [1.54, 1.807) is 12.3 Å². The van der Waals surface area contributed by atoms with Gasteiger partial charge in [-0.1, -0.05) is 0 Å². The Bertz CT molecular complexity index is 502. The van der Waals surface area contributed by atoms with Gasteiger partial charge in [-0.2, -0.15) is 5.26 Å². The number of fused-ring (bicyclic) bond motifs is 1. The molecule has 0 saturated heterocycles. The van der Waals surface area contributed by atoms with Gasteiger partial charge in [0.2, 0.25) is 0 Å². The molecule has 0 aromatic carbocycles. The number of rotatable bonds is 0. The molecule has 2 aromatic heterocycles. The van der Waals surface area contributed by atoms with Gasteiger partial charge in [0.05, 0.1) is 5.56 Å². The molecule has 0 aliphatic heterocycles. The number of pyridine rings is 2. The van der Waals surface area contributed by atoms with Gasteiger partial charge in [-0.3, -0.25) is 0 Å². The van der Waals surface area contributed by atoms with Crippen LogP contribution in [0.15, 0.2) is 29.0 Å². The lowest BCUT2D eigenvalue weighted by Gasteiger charge is -1.97. The van der Waals surface area contributed by atoms with Crippen molar-refractivity contribution in [1.82, 2.24) is 9.97 Å². The zero-order valence-electron chi connectivity index (χ0n) is 6.53. The number of nitriles is 1. The predicted octanol–water partition coefficient (Wildman–Crippen LogP) is 2.26. The van der Waals surface area contributed by atoms with Crippen LogP contribution in [0.25, 0.3) is 11.0 Å². The lowest BCUT2D eigenvalue weighted by molar-refractivity contribution is 1.27. The van der Waals surface area contributed by atoms with Crippen molar-refractivity contribution >= 4 is 27.0 Å². The highest BCUT2D eigenvalue weighted by molar-refractivity contribution is 9.10. The van der Waals surface area contributed by atoms with Crippen LogP contribution in [0.3, 0.4) is 0 Å². The van der Waals surface area contributed by atoms with Gasteiger partial charge < -0.3 is 0 Å². The van der Waals surface area contributed by atoms with E-state index in [9.17, 15) is 0 Å². The molecule has 0 atom stereocenters. The first-order chi connectivity index (χ1) is 6.31. The average molecular weight is 234 g/mol. The second-order valence-electron chi connectivity index (χ2n) is 2.50. The maximum atomic E-state index is 8.66. The maximum absolute atomic E-state index is 8.66. The fourth-order valence-electron chi connectivity index (χ4n) is 1.06. The molecule has 0 spiro atoms. The van der Waals surface area contributed by atoms with Gasteiger partial charge in [0.1, 0.15) is 6.07 Å². The van der Waals surface area contributed by atoms with E-state index in [2.05, 4.69) is 25.9 Å². The smallest absolute Gasteiger partial charge is 0.160 e. The third-order valence-corrected chi connectivity index (χ3v) is 2.36. The fourth-order valence-corrected chi connectivity index (χ4v) is 1.47. The monoisotopic (exact) mass is 233 g/mol. The van der Waals surface area contributed by atoms with Crippen LogP contribution >= 0.6 is 15.9 Å². The van der Waals surface area contributed by atoms with Gasteiger partial charge in [-0.15, -0.1) is 0 Å². The van der Waals surface area contributed by atoms with Crippen molar-refractivity contribution in [1.29, 1.82) is 5.26 Å². The molecule has 0 saturated carbocycles. The lowest BCUT2D eigenvalue weighted by atomic mass is 10.2. The van der Waals surface area contributed by atoms with E-state index in [1.165, 1.54) is 6.20 Å². The number of aromatic nitrogens is 2. The molecule has 3 nitrogen and oxygen atoms in total. The second kappa shape index (κ2) is 3.11. The summed E-state index contributed by atoms with van der Waals surface area (Å²) in [5.41, 5.74) is 1.19. The van der Waals surface area contributed by atoms with Crippen LogP contribution in [0.4, 0.5) is 0 Å². The van der Waals surface area contributed by atoms with Crippen LogP contribution in [0.1, 0.15) is 5.56 Å². The first kappa shape index (κ1) is 8.14. The van der Waals surface area contributed by atoms with E-state index < -0.39 is 0 Å². The number of hydrogen-bond acceptors (Lipinski definition) is 3. The van der Waals surface area contributed by atoms with Crippen molar-refractivity contribution in [3.05, 3.63) is 34.6 Å². The Morgan fingerprint density at radius 2 is 2.23 bits per heavy atom. The summed E-state index contributed by atoms with van der Waals surface area (Å²) in [6.07, 6.45) is 3.19. The first-order valence-electron chi connectivity index (χ1n) is 3.61. The van der Waals surface area contributed by atoms with Gasteiger partial charge in [-0.05, 0) is 28.1 Å². The van der Waals surface area contributed by atoms with E-state index >= 15 is 0 Å². The molecule has 0 amide bonds. The molecule has 4 heteroatoms. The Labute approximate surface area is 83.2 Å². The minimum absolute atomic E-state index is 0.543. The van der Waals surface area contributed by atoms with Crippen molar-refractivity contribution in [2.45, 2.75) is 0 Å². The Morgan fingerprint density at radius 3 is 3.00 bits per heavy atom. The van der Waals surface area contributed by atoms with Crippen LogP contribution in [0.2, 0.25) is 0 Å². The summed E-state index contributed by atoms with van der Waals surface area (Å²) in [6, 6.07) is 5.62. The van der Waals surface area contributed by atoms with Gasteiger partial charge in [0.15, 0.2) is 5.65 Å². The summed E-state index contributed by atoms with van der Waals surface area (Å²) in [7, 11) is 0. The normalized spacial score (nSPS) is 9.85. The highest BCUT2D eigenvalue weighted by atomic mass is 79.9. The molecule has 0 N–H and O–H groups in total. The molecular weight excluding hydrogens is 230 g/mol. The summed E-state index contributed by atoms with van der Waals surface area (Å²) in [5.74, 6) is 0. The predicted molar refractivity (Wildman–Crippen MR) is 52.0 cm³/mol. The van der Waals surface area contributed by atoms with Crippen molar-refractivity contribution in [2.75, 3.05) is 0 Å². The average Bonchev–Trinajstić information content (AvgIpc) is 2.18. The topological polar surface area (TPSA) is 49.6 Å². The summed E-state index contributed by atoms with van der Waals surface area (Å²) in [6.45, 7) is 0. The van der Waals surface area contributed by atoms with Gasteiger partial charge in [-0.25, -0.2) is 9.97 Å². The minimum Gasteiger partial charge on any atom is -0.237 e. The third-order valence-electron chi connectivity index (χ3n) is 1.67. The highest BCUT2D eigenvalue weighted by Gasteiger charge is 2.01. The molecule has 0 unspecified atom stereocenters.